The van der Waals surface area contributed by atoms with Gasteiger partial charge in [0.25, 0.3) is 0 Å². The molecule has 0 aromatic carbocycles. The number of halogens is 1. The SMILES string of the molecule is CCC(CC)c1cc(CNC(=NC)NCC(C2CC2)N(C)C)on1.I. The molecule has 1 fully saturated rings. The van der Waals surface area contributed by atoms with Crippen LogP contribution in [0.15, 0.2) is 15.6 Å². The standard InChI is InChI=1S/C18H33N5O.HI/c1-6-13(7-2)16-10-15(24-22-16)11-20-18(19-3)21-12-17(23(4)5)14-8-9-14;/h10,13-14,17H,6-9,11-12H2,1-5H3,(H2,19,20,21);1H. The van der Waals surface area contributed by atoms with Gasteiger partial charge in [0.1, 0.15) is 0 Å². The molecule has 1 saturated carbocycles. The number of nitrogens with one attached hydrogen (secondary N) is 2. The van der Waals surface area contributed by atoms with Gasteiger partial charge in [0.15, 0.2) is 11.7 Å². The van der Waals surface area contributed by atoms with E-state index in [1.807, 2.05) is 0 Å². The number of hydrogen-bond acceptors (Lipinski definition) is 4. The topological polar surface area (TPSA) is 65.7 Å². The lowest BCUT2D eigenvalue weighted by atomic mass is 9.99. The van der Waals surface area contributed by atoms with E-state index in [1.165, 1.54) is 12.8 Å². The summed E-state index contributed by atoms with van der Waals surface area (Å²) in [6.07, 6.45) is 4.86. The van der Waals surface area contributed by atoms with Crippen LogP contribution >= 0.6 is 24.0 Å². The summed E-state index contributed by atoms with van der Waals surface area (Å²) in [5, 5.41) is 11.0. The highest BCUT2D eigenvalue weighted by molar-refractivity contribution is 14.0. The lowest BCUT2D eigenvalue weighted by molar-refractivity contribution is 0.264. The van der Waals surface area contributed by atoms with E-state index in [1.54, 1.807) is 7.05 Å². The van der Waals surface area contributed by atoms with Crippen LogP contribution in [0.1, 0.15) is 56.9 Å². The fraction of sp³-hybridized carbons (Fsp3) is 0.778. The number of aromatic nitrogens is 1. The van der Waals surface area contributed by atoms with Gasteiger partial charge in [0.2, 0.25) is 0 Å². The molecule has 1 aromatic rings. The summed E-state index contributed by atoms with van der Waals surface area (Å²) < 4.78 is 5.45. The van der Waals surface area contributed by atoms with E-state index in [4.69, 9.17) is 4.52 Å². The molecule has 1 heterocycles. The summed E-state index contributed by atoms with van der Waals surface area (Å²) in [6, 6.07) is 2.63. The van der Waals surface area contributed by atoms with Crippen molar-refractivity contribution in [2.45, 2.75) is 58.0 Å². The van der Waals surface area contributed by atoms with Crippen LogP contribution in [0.25, 0.3) is 0 Å². The summed E-state index contributed by atoms with van der Waals surface area (Å²) in [6.45, 7) is 5.89. The van der Waals surface area contributed by atoms with Crippen molar-refractivity contribution in [2.24, 2.45) is 10.9 Å². The Labute approximate surface area is 169 Å². The molecular formula is C18H34IN5O. The van der Waals surface area contributed by atoms with Gasteiger partial charge in [-0.1, -0.05) is 19.0 Å². The minimum Gasteiger partial charge on any atom is -0.359 e. The Balaban J connectivity index is 0.00000312. The number of hydrogen-bond donors (Lipinski definition) is 2. The van der Waals surface area contributed by atoms with Gasteiger partial charge in [-0.15, -0.1) is 24.0 Å². The zero-order valence-corrected chi connectivity index (χ0v) is 18.5. The number of nitrogens with zero attached hydrogens (tertiary/aromatic N) is 3. The van der Waals surface area contributed by atoms with Crippen LogP contribution in [0, 0.1) is 5.92 Å². The quantitative estimate of drug-likeness (QED) is 0.335. The highest BCUT2D eigenvalue weighted by atomic mass is 127. The minimum atomic E-state index is 0. The third kappa shape index (κ3) is 6.77. The maximum atomic E-state index is 5.45. The lowest BCUT2D eigenvalue weighted by Crippen LogP contribution is -2.45. The molecule has 7 heteroatoms. The molecule has 0 bridgehead atoms. The monoisotopic (exact) mass is 463 g/mol. The van der Waals surface area contributed by atoms with Crippen LogP contribution in [0.2, 0.25) is 0 Å². The van der Waals surface area contributed by atoms with Crippen molar-refractivity contribution in [3.8, 4) is 0 Å². The van der Waals surface area contributed by atoms with E-state index in [-0.39, 0.29) is 24.0 Å². The average molecular weight is 463 g/mol. The molecule has 0 spiro atoms. The van der Waals surface area contributed by atoms with Crippen molar-refractivity contribution in [3.05, 3.63) is 17.5 Å². The zero-order chi connectivity index (χ0) is 17.5. The Hall–Kier alpha value is -0.830. The first-order chi connectivity index (χ1) is 11.6. The molecule has 0 saturated heterocycles. The van der Waals surface area contributed by atoms with E-state index in [0.29, 0.717) is 18.5 Å². The van der Waals surface area contributed by atoms with E-state index >= 15 is 0 Å². The van der Waals surface area contributed by atoms with Crippen LogP contribution < -0.4 is 10.6 Å². The fourth-order valence-corrected chi connectivity index (χ4v) is 3.16. The number of guanidine groups is 1. The van der Waals surface area contributed by atoms with Gasteiger partial charge in [0, 0.05) is 31.6 Å². The van der Waals surface area contributed by atoms with E-state index in [0.717, 1.165) is 42.7 Å². The van der Waals surface area contributed by atoms with Gasteiger partial charge < -0.3 is 20.1 Å². The molecule has 144 valence electrons. The van der Waals surface area contributed by atoms with Crippen molar-refractivity contribution in [1.82, 2.24) is 20.7 Å². The smallest absolute Gasteiger partial charge is 0.191 e. The van der Waals surface area contributed by atoms with Gasteiger partial charge in [-0.05, 0) is 45.7 Å². The zero-order valence-electron chi connectivity index (χ0n) is 16.2. The first kappa shape index (κ1) is 22.2. The van der Waals surface area contributed by atoms with Gasteiger partial charge in [-0.2, -0.15) is 0 Å². The maximum Gasteiger partial charge on any atom is 0.191 e. The molecular weight excluding hydrogens is 429 g/mol. The van der Waals surface area contributed by atoms with Crippen LogP contribution in [0.3, 0.4) is 0 Å². The van der Waals surface area contributed by atoms with E-state index in [2.05, 4.69) is 59.7 Å². The van der Waals surface area contributed by atoms with Crippen LogP contribution in [-0.2, 0) is 6.54 Å². The molecule has 1 unspecified atom stereocenters. The molecule has 1 aliphatic rings. The molecule has 1 atom stereocenters. The largest absolute Gasteiger partial charge is 0.359 e. The molecule has 1 aromatic heterocycles. The van der Waals surface area contributed by atoms with Crippen molar-refractivity contribution >= 4 is 29.9 Å². The molecule has 0 aliphatic heterocycles. The normalized spacial score (nSPS) is 16.0. The van der Waals surface area contributed by atoms with Crippen LogP contribution in [0.5, 0.6) is 0 Å². The summed E-state index contributed by atoms with van der Waals surface area (Å²) >= 11 is 0. The van der Waals surface area contributed by atoms with Crippen LogP contribution in [-0.4, -0.2) is 49.7 Å². The molecule has 0 radical (unpaired) electrons. The Morgan fingerprint density at radius 2 is 2.00 bits per heavy atom. The molecule has 2 rings (SSSR count). The van der Waals surface area contributed by atoms with Gasteiger partial charge in [0.05, 0.1) is 12.2 Å². The summed E-state index contributed by atoms with van der Waals surface area (Å²) in [5.74, 6) is 2.97. The second-order valence-corrected chi connectivity index (χ2v) is 6.91. The summed E-state index contributed by atoms with van der Waals surface area (Å²) in [4.78, 5) is 6.60. The summed E-state index contributed by atoms with van der Waals surface area (Å²) in [5.41, 5.74) is 1.06. The van der Waals surface area contributed by atoms with Gasteiger partial charge >= 0.3 is 0 Å². The van der Waals surface area contributed by atoms with E-state index in [9.17, 15) is 0 Å². The van der Waals surface area contributed by atoms with Crippen LogP contribution in [0.4, 0.5) is 0 Å². The highest BCUT2D eigenvalue weighted by Gasteiger charge is 2.32. The average Bonchev–Trinajstić information content (AvgIpc) is 3.30. The summed E-state index contributed by atoms with van der Waals surface area (Å²) in [7, 11) is 6.09. The third-order valence-corrected chi connectivity index (χ3v) is 4.94. The van der Waals surface area contributed by atoms with E-state index < -0.39 is 0 Å². The molecule has 25 heavy (non-hydrogen) atoms. The highest BCUT2D eigenvalue weighted by Crippen LogP contribution is 2.34. The first-order valence-electron chi connectivity index (χ1n) is 9.15. The minimum absolute atomic E-state index is 0. The Morgan fingerprint density at radius 1 is 1.32 bits per heavy atom. The van der Waals surface area contributed by atoms with Crippen molar-refractivity contribution in [3.63, 3.8) is 0 Å². The number of likely N-dealkylation sites (N-methyl/N-ethyl adjacent to an activating group) is 1. The second kappa shape index (κ2) is 11.0. The molecule has 1 aliphatic carbocycles. The second-order valence-electron chi connectivity index (χ2n) is 6.91. The van der Waals surface area contributed by atoms with Crippen molar-refractivity contribution < 1.29 is 4.52 Å². The first-order valence-corrected chi connectivity index (χ1v) is 9.15. The van der Waals surface area contributed by atoms with Crippen molar-refractivity contribution in [1.29, 1.82) is 0 Å². The number of aliphatic imine (C=N–C) groups is 1. The van der Waals surface area contributed by atoms with Crippen molar-refractivity contribution in [2.75, 3.05) is 27.7 Å². The Morgan fingerprint density at radius 3 is 2.52 bits per heavy atom. The maximum absolute atomic E-state index is 5.45. The third-order valence-electron chi connectivity index (χ3n) is 4.94. The predicted octanol–water partition coefficient (Wildman–Crippen LogP) is 3.20. The lowest BCUT2D eigenvalue weighted by Gasteiger charge is -2.25. The number of rotatable bonds is 9. The molecule has 2 N–H and O–H groups in total. The van der Waals surface area contributed by atoms with Gasteiger partial charge in [-0.3, -0.25) is 4.99 Å². The Kier molecular flexibility index (Phi) is 9.78. The molecule has 6 nitrogen and oxygen atoms in total. The fourth-order valence-electron chi connectivity index (χ4n) is 3.16. The predicted molar refractivity (Wildman–Crippen MR) is 114 cm³/mol. The Bertz CT molecular complexity index is 521. The van der Waals surface area contributed by atoms with Gasteiger partial charge in [-0.25, -0.2) is 0 Å². The molecule has 0 amide bonds.